The van der Waals surface area contributed by atoms with Gasteiger partial charge in [-0.25, -0.2) is 0 Å². The molecule has 0 amide bonds. The number of aryl methyl sites for hydroxylation is 1. The molecule has 1 aromatic carbocycles. The van der Waals surface area contributed by atoms with E-state index in [0.717, 1.165) is 37.0 Å². The van der Waals surface area contributed by atoms with Crippen LogP contribution < -0.4 is 4.74 Å². The highest BCUT2D eigenvalue weighted by atomic mass is 35.5. The van der Waals surface area contributed by atoms with Gasteiger partial charge in [-0.05, 0) is 37.0 Å². The predicted octanol–water partition coefficient (Wildman–Crippen LogP) is 4.01. The molecule has 0 aliphatic carbocycles. The first-order valence-corrected chi connectivity index (χ1v) is 7.03. The Bertz CT molecular complexity index is 404. The van der Waals surface area contributed by atoms with Gasteiger partial charge < -0.3 is 9.47 Å². The van der Waals surface area contributed by atoms with E-state index in [9.17, 15) is 4.79 Å². The number of hydrogen-bond acceptors (Lipinski definition) is 3. The van der Waals surface area contributed by atoms with E-state index in [1.54, 1.807) is 13.2 Å². The van der Waals surface area contributed by atoms with Gasteiger partial charge in [0, 0.05) is 11.4 Å². The normalized spacial score (nSPS) is 10.3. The van der Waals surface area contributed by atoms with Crippen molar-refractivity contribution in [1.82, 2.24) is 0 Å². The van der Waals surface area contributed by atoms with Crippen LogP contribution in [0.15, 0.2) is 18.2 Å². The van der Waals surface area contributed by atoms with E-state index >= 15 is 0 Å². The van der Waals surface area contributed by atoms with Crippen molar-refractivity contribution in [3.05, 3.63) is 28.8 Å². The molecule has 0 atom stereocenters. The Balaban J connectivity index is 2.31. The highest BCUT2D eigenvalue weighted by Crippen LogP contribution is 2.23. The number of unbranched alkanes of at least 4 members (excludes halogenated alkanes) is 1. The zero-order valence-electron chi connectivity index (χ0n) is 11.6. The third kappa shape index (κ3) is 5.97. The molecule has 0 fully saturated rings. The first kappa shape index (κ1) is 15.8. The summed E-state index contributed by atoms with van der Waals surface area (Å²) in [5.74, 6) is 0.616. The highest BCUT2D eigenvalue weighted by Gasteiger charge is 2.06. The molecule has 0 aromatic heterocycles. The van der Waals surface area contributed by atoms with Gasteiger partial charge in [0.1, 0.15) is 5.75 Å². The van der Waals surface area contributed by atoms with E-state index < -0.39 is 0 Å². The SMILES string of the molecule is CCCCOC(=O)CCCc1ccc(OC)cc1Cl. The molecule has 0 saturated carbocycles. The van der Waals surface area contributed by atoms with Gasteiger partial charge in [-0.1, -0.05) is 31.0 Å². The maximum absolute atomic E-state index is 11.4. The molecule has 0 bridgehead atoms. The fourth-order valence-corrected chi connectivity index (χ4v) is 1.95. The fourth-order valence-electron chi connectivity index (χ4n) is 1.68. The molecule has 1 aromatic rings. The summed E-state index contributed by atoms with van der Waals surface area (Å²) < 4.78 is 10.2. The average molecular weight is 285 g/mol. The summed E-state index contributed by atoms with van der Waals surface area (Å²) in [6.45, 7) is 2.60. The van der Waals surface area contributed by atoms with E-state index in [1.165, 1.54) is 0 Å². The predicted molar refractivity (Wildman–Crippen MR) is 76.8 cm³/mol. The number of carbonyl (C=O) groups excluding carboxylic acids is 1. The van der Waals surface area contributed by atoms with E-state index in [-0.39, 0.29) is 5.97 Å². The van der Waals surface area contributed by atoms with Crippen molar-refractivity contribution in [2.45, 2.75) is 39.0 Å². The molecule has 19 heavy (non-hydrogen) atoms. The molecule has 4 heteroatoms. The molecule has 0 heterocycles. The van der Waals surface area contributed by atoms with Crippen molar-refractivity contribution in [3.63, 3.8) is 0 Å². The molecular weight excluding hydrogens is 264 g/mol. The number of halogens is 1. The Kier molecular flexibility index (Phi) is 7.34. The second kappa shape index (κ2) is 8.81. The van der Waals surface area contributed by atoms with Crippen molar-refractivity contribution in [3.8, 4) is 5.75 Å². The van der Waals surface area contributed by atoms with Crippen LogP contribution in [0.3, 0.4) is 0 Å². The molecule has 0 unspecified atom stereocenters. The second-order valence-electron chi connectivity index (χ2n) is 4.38. The van der Waals surface area contributed by atoms with Gasteiger partial charge in [-0.3, -0.25) is 4.79 Å². The monoisotopic (exact) mass is 284 g/mol. The molecule has 106 valence electrons. The molecular formula is C15H21ClO3. The van der Waals surface area contributed by atoms with Crippen LogP contribution in [0.25, 0.3) is 0 Å². The Hall–Kier alpha value is -1.22. The zero-order valence-corrected chi connectivity index (χ0v) is 12.3. The summed E-state index contributed by atoms with van der Waals surface area (Å²) in [5, 5.41) is 0.679. The van der Waals surface area contributed by atoms with Crippen LogP contribution in [-0.2, 0) is 16.0 Å². The molecule has 0 N–H and O–H groups in total. The molecule has 0 aliphatic heterocycles. The summed E-state index contributed by atoms with van der Waals surface area (Å²) >= 11 is 6.13. The first-order chi connectivity index (χ1) is 9.17. The average Bonchev–Trinajstić information content (AvgIpc) is 2.41. The molecule has 0 radical (unpaired) electrons. The van der Waals surface area contributed by atoms with Crippen LogP contribution in [0.5, 0.6) is 5.75 Å². The molecule has 0 spiro atoms. The van der Waals surface area contributed by atoms with Gasteiger partial charge >= 0.3 is 5.97 Å². The number of methoxy groups -OCH3 is 1. The molecule has 3 nitrogen and oxygen atoms in total. The molecule has 0 saturated heterocycles. The number of esters is 1. The Morgan fingerprint density at radius 1 is 1.32 bits per heavy atom. The van der Waals surface area contributed by atoms with E-state index in [0.29, 0.717) is 18.1 Å². The summed E-state index contributed by atoms with van der Waals surface area (Å²) in [6, 6.07) is 5.60. The Morgan fingerprint density at radius 3 is 2.74 bits per heavy atom. The van der Waals surface area contributed by atoms with Gasteiger partial charge in [0.2, 0.25) is 0 Å². The molecule has 0 aliphatic rings. The van der Waals surface area contributed by atoms with Crippen molar-refractivity contribution >= 4 is 17.6 Å². The minimum absolute atomic E-state index is 0.127. The number of hydrogen-bond donors (Lipinski definition) is 0. The lowest BCUT2D eigenvalue weighted by Crippen LogP contribution is -2.06. The van der Waals surface area contributed by atoms with Crippen molar-refractivity contribution in [2.75, 3.05) is 13.7 Å². The van der Waals surface area contributed by atoms with Crippen LogP contribution in [-0.4, -0.2) is 19.7 Å². The van der Waals surface area contributed by atoms with Crippen LogP contribution in [0.1, 0.15) is 38.2 Å². The van der Waals surface area contributed by atoms with Gasteiger partial charge in [-0.2, -0.15) is 0 Å². The Morgan fingerprint density at radius 2 is 2.11 bits per heavy atom. The van der Waals surface area contributed by atoms with Crippen LogP contribution in [0.4, 0.5) is 0 Å². The summed E-state index contributed by atoms with van der Waals surface area (Å²) in [6.07, 6.45) is 3.92. The summed E-state index contributed by atoms with van der Waals surface area (Å²) in [7, 11) is 1.61. The van der Waals surface area contributed by atoms with Gasteiger partial charge in [0.05, 0.1) is 13.7 Å². The topological polar surface area (TPSA) is 35.5 Å². The number of rotatable bonds is 8. The largest absolute Gasteiger partial charge is 0.497 e. The van der Waals surface area contributed by atoms with Gasteiger partial charge in [0.25, 0.3) is 0 Å². The third-order valence-electron chi connectivity index (χ3n) is 2.85. The smallest absolute Gasteiger partial charge is 0.305 e. The zero-order chi connectivity index (χ0) is 14.1. The van der Waals surface area contributed by atoms with Crippen LogP contribution >= 0.6 is 11.6 Å². The fraction of sp³-hybridized carbons (Fsp3) is 0.533. The quantitative estimate of drug-likeness (QED) is 0.534. The van der Waals surface area contributed by atoms with E-state index in [4.69, 9.17) is 21.1 Å². The number of ether oxygens (including phenoxy) is 2. The second-order valence-corrected chi connectivity index (χ2v) is 4.79. The minimum atomic E-state index is -0.127. The standard InChI is InChI=1S/C15H21ClO3/c1-3-4-10-19-15(17)7-5-6-12-8-9-13(18-2)11-14(12)16/h8-9,11H,3-7,10H2,1-2H3. The maximum Gasteiger partial charge on any atom is 0.305 e. The number of carbonyl (C=O) groups is 1. The number of benzene rings is 1. The lowest BCUT2D eigenvalue weighted by atomic mass is 10.1. The lowest BCUT2D eigenvalue weighted by Gasteiger charge is -2.07. The highest BCUT2D eigenvalue weighted by molar-refractivity contribution is 6.31. The van der Waals surface area contributed by atoms with Crippen LogP contribution in [0, 0.1) is 0 Å². The van der Waals surface area contributed by atoms with Crippen molar-refractivity contribution in [1.29, 1.82) is 0 Å². The van der Waals surface area contributed by atoms with Gasteiger partial charge in [-0.15, -0.1) is 0 Å². The lowest BCUT2D eigenvalue weighted by molar-refractivity contribution is -0.143. The summed E-state index contributed by atoms with van der Waals surface area (Å²) in [4.78, 5) is 11.4. The third-order valence-corrected chi connectivity index (χ3v) is 3.20. The van der Waals surface area contributed by atoms with Crippen molar-refractivity contribution in [2.24, 2.45) is 0 Å². The first-order valence-electron chi connectivity index (χ1n) is 6.65. The van der Waals surface area contributed by atoms with E-state index in [2.05, 4.69) is 6.92 Å². The molecule has 1 rings (SSSR count). The Labute approximate surface area is 119 Å². The minimum Gasteiger partial charge on any atom is -0.497 e. The summed E-state index contributed by atoms with van der Waals surface area (Å²) in [5.41, 5.74) is 1.03. The van der Waals surface area contributed by atoms with Crippen LogP contribution in [0.2, 0.25) is 5.02 Å². The van der Waals surface area contributed by atoms with Gasteiger partial charge in [0.15, 0.2) is 0 Å². The van der Waals surface area contributed by atoms with E-state index in [1.807, 2.05) is 12.1 Å². The maximum atomic E-state index is 11.4. The van der Waals surface area contributed by atoms with Crippen molar-refractivity contribution < 1.29 is 14.3 Å².